The van der Waals surface area contributed by atoms with E-state index in [1.165, 1.54) is 0 Å². The van der Waals surface area contributed by atoms with Crippen LogP contribution >= 0.6 is 15.9 Å². The summed E-state index contributed by atoms with van der Waals surface area (Å²) in [5.74, 6) is -0.499. The number of aromatic hydroxyl groups is 1. The van der Waals surface area contributed by atoms with Gasteiger partial charge >= 0.3 is 0 Å². The Hall–Kier alpha value is -3.84. The average Bonchev–Trinajstić information content (AvgIpc) is 3.11. The van der Waals surface area contributed by atoms with Gasteiger partial charge in [-0.05, 0) is 63.2 Å². The third kappa shape index (κ3) is 4.23. The van der Waals surface area contributed by atoms with E-state index in [9.17, 15) is 9.90 Å². The maximum atomic E-state index is 13.4. The number of pyridine rings is 1. The first-order valence-electron chi connectivity index (χ1n) is 11.3. The van der Waals surface area contributed by atoms with Gasteiger partial charge in [-0.3, -0.25) is 4.79 Å². The van der Waals surface area contributed by atoms with E-state index < -0.39 is 5.91 Å². The van der Waals surface area contributed by atoms with Gasteiger partial charge in [0, 0.05) is 27.4 Å². The van der Waals surface area contributed by atoms with Crippen LogP contribution in [0.3, 0.4) is 0 Å². The van der Waals surface area contributed by atoms with E-state index in [4.69, 9.17) is 4.98 Å². The maximum Gasteiger partial charge on any atom is 0.296 e. The first-order chi connectivity index (χ1) is 16.9. The topological polar surface area (TPSA) is 79.8 Å². The smallest absolute Gasteiger partial charge is 0.296 e. The number of aryl methyl sites for hydroxylation is 3. The number of halogens is 1. The lowest BCUT2D eigenvalue weighted by atomic mass is 10.0. The summed E-state index contributed by atoms with van der Waals surface area (Å²) in [6.07, 6.45) is 0. The number of nitrogens with zero attached hydrogens (tertiary/aromatic N) is 4. The van der Waals surface area contributed by atoms with Gasteiger partial charge in [-0.15, -0.1) is 10.2 Å². The number of carbonyl (C=O) groups is 1. The minimum absolute atomic E-state index is 0.00404. The third-order valence-electron chi connectivity index (χ3n) is 6.06. The lowest BCUT2D eigenvalue weighted by molar-refractivity contribution is 0.0996. The predicted molar refractivity (Wildman–Crippen MR) is 142 cm³/mol. The second-order valence-corrected chi connectivity index (χ2v) is 9.44. The highest BCUT2D eigenvalue weighted by atomic mass is 79.9. The molecule has 7 heteroatoms. The van der Waals surface area contributed by atoms with Gasteiger partial charge in [0.2, 0.25) is 5.88 Å². The summed E-state index contributed by atoms with van der Waals surface area (Å²) < 4.78 is 2.72. The third-order valence-corrected chi connectivity index (χ3v) is 6.59. The number of rotatable bonds is 4. The molecule has 1 amide bonds. The fraction of sp³-hybridized carbons (Fsp3) is 0.143. The second-order valence-electron chi connectivity index (χ2n) is 8.52. The van der Waals surface area contributed by atoms with E-state index in [1.54, 1.807) is 10.6 Å². The molecule has 0 unspecified atom stereocenters. The highest BCUT2D eigenvalue weighted by Gasteiger charge is 2.18. The number of azo groups is 1. The van der Waals surface area contributed by atoms with Gasteiger partial charge < -0.3 is 9.67 Å². The maximum absolute atomic E-state index is 13.4. The van der Waals surface area contributed by atoms with E-state index in [1.807, 2.05) is 81.4 Å². The zero-order valence-electron chi connectivity index (χ0n) is 19.6. The number of aromatic nitrogens is 2. The van der Waals surface area contributed by atoms with E-state index in [-0.39, 0.29) is 5.88 Å². The number of hydrogen-bond donors (Lipinski definition) is 1. The van der Waals surface area contributed by atoms with Gasteiger partial charge in [-0.25, -0.2) is 4.98 Å². The molecular formula is C28H23BrN4O2. The van der Waals surface area contributed by atoms with E-state index in [0.29, 0.717) is 34.4 Å². The molecule has 5 aromatic rings. The Morgan fingerprint density at radius 3 is 2.37 bits per heavy atom. The van der Waals surface area contributed by atoms with Crippen molar-refractivity contribution < 1.29 is 9.90 Å². The Labute approximate surface area is 211 Å². The highest BCUT2D eigenvalue weighted by Crippen LogP contribution is 2.39. The molecule has 174 valence electrons. The summed E-state index contributed by atoms with van der Waals surface area (Å²) in [5.41, 5.74) is 5.87. The van der Waals surface area contributed by atoms with Crippen molar-refractivity contribution in [2.24, 2.45) is 10.2 Å². The monoisotopic (exact) mass is 526 g/mol. The van der Waals surface area contributed by atoms with Gasteiger partial charge in [0.25, 0.3) is 5.91 Å². The van der Waals surface area contributed by atoms with Gasteiger partial charge in [0.05, 0.1) is 22.3 Å². The predicted octanol–water partition coefficient (Wildman–Crippen LogP) is 7.89. The molecule has 0 aliphatic rings. The number of benzene rings is 3. The largest absolute Gasteiger partial charge is 0.493 e. The lowest BCUT2D eigenvalue weighted by Crippen LogP contribution is -1.99. The van der Waals surface area contributed by atoms with Crippen molar-refractivity contribution in [2.75, 3.05) is 0 Å². The summed E-state index contributed by atoms with van der Waals surface area (Å²) in [6, 6.07) is 21.2. The van der Waals surface area contributed by atoms with E-state index >= 15 is 0 Å². The molecule has 2 aromatic heterocycles. The molecule has 1 N–H and O–H groups in total. The molecule has 0 bridgehead atoms. The Kier molecular flexibility index (Phi) is 5.94. The molecule has 0 spiro atoms. The van der Waals surface area contributed by atoms with Crippen molar-refractivity contribution in [3.05, 3.63) is 87.9 Å². The molecular weight excluding hydrogens is 504 g/mol. The zero-order valence-corrected chi connectivity index (χ0v) is 21.2. The van der Waals surface area contributed by atoms with Crippen molar-refractivity contribution in [3.8, 4) is 17.1 Å². The average molecular weight is 527 g/mol. The van der Waals surface area contributed by atoms with Crippen LogP contribution in [0.5, 0.6) is 5.88 Å². The standard InChI is InChI=1S/C28H23BrN4O2/c1-4-33-25-12-6-17(3)14-22(25)26(28(33)35)31-32-27(34)21-15-24(18-7-9-19(29)10-8-18)30-23-11-5-16(2)13-20(21)23/h5-15,35H,4H2,1-3H3. The van der Waals surface area contributed by atoms with Gasteiger partial charge in [0.15, 0.2) is 5.69 Å². The Bertz CT molecular complexity index is 1640. The van der Waals surface area contributed by atoms with Crippen LogP contribution in [-0.2, 0) is 6.54 Å². The summed E-state index contributed by atoms with van der Waals surface area (Å²) in [7, 11) is 0. The molecule has 0 saturated carbocycles. The summed E-state index contributed by atoms with van der Waals surface area (Å²) in [4.78, 5) is 18.2. The Morgan fingerprint density at radius 2 is 1.66 bits per heavy atom. The van der Waals surface area contributed by atoms with Crippen molar-refractivity contribution in [1.29, 1.82) is 0 Å². The molecule has 0 fully saturated rings. The van der Waals surface area contributed by atoms with Gasteiger partial charge in [0.1, 0.15) is 0 Å². The van der Waals surface area contributed by atoms with Crippen LogP contribution in [0.4, 0.5) is 5.69 Å². The normalized spacial score (nSPS) is 11.7. The fourth-order valence-corrected chi connectivity index (χ4v) is 4.55. The molecule has 0 aliphatic carbocycles. The zero-order chi connectivity index (χ0) is 24.7. The van der Waals surface area contributed by atoms with E-state index in [2.05, 4.69) is 26.2 Å². The minimum atomic E-state index is -0.495. The molecule has 5 rings (SSSR count). The molecule has 0 atom stereocenters. The summed E-state index contributed by atoms with van der Waals surface area (Å²) >= 11 is 3.46. The Balaban J connectivity index is 1.63. The van der Waals surface area contributed by atoms with Crippen LogP contribution in [0.25, 0.3) is 33.1 Å². The van der Waals surface area contributed by atoms with E-state index in [0.717, 1.165) is 32.1 Å². The molecule has 0 radical (unpaired) electrons. The molecule has 6 nitrogen and oxygen atoms in total. The number of carbonyl (C=O) groups excluding carboxylic acids is 1. The second kappa shape index (κ2) is 9.07. The molecule has 3 aromatic carbocycles. The number of amides is 1. The summed E-state index contributed by atoms with van der Waals surface area (Å²) in [6.45, 7) is 6.46. The fourth-order valence-electron chi connectivity index (χ4n) is 4.29. The molecule has 35 heavy (non-hydrogen) atoms. The Morgan fingerprint density at radius 1 is 0.971 bits per heavy atom. The van der Waals surface area contributed by atoms with Crippen LogP contribution in [0, 0.1) is 13.8 Å². The molecule has 2 heterocycles. The van der Waals surface area contributed by atoms with Crippen LogP contribution in [0.2, 0.25) is 0 Å². The molecule has 0 saturated heterocycles. The first kappa shape index (κ1) is 22.9. The van der Waals surface area contributed by atoms with Crippen LogP contribution < -0.4 is 0 Å². The highest BCUT2D eigenvalue weighted by molar-refractivity contribution is 9.10. The van der Waals surface area contributed by atoms with Crippen LogP contribution in [0.15, 0.2) is 81.4 Å². The molecule has 0 aliphatic heterocycles. The first-order valence-corrected chi connectivity index (χ1v) is 12.1. The van der Waals surface area contributed by atoms with Crippen molar-refractivity contribution in [2.45, 2.75) is 27.3 Å². The minimum Gasteiger partial charge on any atom is -0.493 e. The van der Waals surface area contributed by atoms with Crippen LogP contribution in [0.1, 0.15) is 28.4 Å². The van der Waals surface area contributed by atoms with Crippen molar-refractivity contribution in [1.82, 2.24) is 9.55 Å². The number of hydrogen-bond acceptors (Lipinski definition) is 4. The summed E-state index contributed by atoms with van der Waals surface area (Å²) in [5, 5.41) is 20.6. The van der Waals surface area contributed by atoms with Crippen LogP contribution in [-0.4, -0.2) is 20.6 Å². The van der Waals surface area contributed by atoms with Gasteiger partial charge in [-0.1, -0.05) is 51.3 Å². The van der Waals surface area contributed by atoms with Crippen molar-refractivity contribution in [3.63, 3.8) is 0 Å². The number of fused-ring (bicyclic) bond motifs is 2. The SMILES string of the molecule is CCn1c(O)c(N=NC(=O)c2cc(-c3ccc(Br)cc3)nc3ccc(C)cc23)c2cc(C)ccc21. The van der Waals surface area contributed by atoms with Crippen molar-refractivity contribution >= 4 is 49.3 Å². The quantitative estimate of drug-likeness (QED) is 0.242. The van der Waals surface area contributed by atoms with Gasteiger partial charge in [-0.2, -0.15) is 0 Å². The lowest BCUT2D eigenvalue weighted by Gasteiger charge is -2.08.